The van der Waals surface area contributed by atoms with Gasteiger partial charge in [-0.3, -0.25) is 4.79 Å². The lowest BCUT2D eigenvalue weighted by molar-refractivity contribution is -0.132. The molecule has 51 heavy (non-hydrogen) atoms. The third-order valence-electron chi connectivity index (χ3n) is 5.86. The molecule has 3 aromatic rings. The molecule has 1 N–H and O–H groups in total. The van der Waals surface area contributed by atoms with E-state index in [0.717, 1.165) is 6.29 Å². The van der Waals surface area contributed by atoms with Gasteiger partial charge in [-0.1, -0.05) is 76.6 Å². The zero-order valence-corrected chi connectivity index (χ0v) is 30.5. The number of halogens is 2. The van der Waals surface area contributed by atoms with Crippen molar-refractivity contribution in [2.45, 2.75) is 41.5 Å². The van der Waals surface area contributed by atoms with E-state index in [1.165, 1.54) is 88.6 Å². The summed E-state index contributed by atoms with van der Waals surface area (Å²) >= 11 is 2.53. The number of aldehydes is 1. The third kappa shape index (κ3) is 14.4. The van der Waals surface area contributed by atoms with Crippen LogP contribution >= 0.6 is 12.9 Å². The summed E-state index contributed by atoms with van der Waals surface area (Å²) in [5.74, 6) is -4.29. The monoisotopic (exact) mass is 724 g/mol. The van der Waals surface area contributed by atoms with Gasteiger partial charge in [0.15, 0.2) is 34.6 Å². The fourth-order valence-corrected chi connectivity index (χ4v) is 3.38. The largest absolute Gasteiger partial charge is 0.493 e. The van der Waals surface area contributed by atoms with Gasteiger partial charge in [-0.2, -0.15) is 0 Å². The van der Waals surface area contributed by atoms with E-state index in [4.69, 9.17) is 23.5 Å². The maximum Gasteiger partial charge on any atom is 0.338 e. The molecule has 0 atom stereocenters. The van der Waals surface area contributed by atoms with Gasteiger partial charge in [-0.05, 0) is 81.6 Å². The Bertz CT molecular complexity index is 1810. The SMILES string of the molecule is C=C(C)C(=O)Oc1cc(-c2ccc(/C=C/c3ccc(OC(=O)C(=C)C)c(OC(=O)C(=C)C)c3)c(F)c2F)ccc1OC.C=C(C)C=O.CC.OS. The second kappa shape index (κ2) is 22.9. The molecule has 0 bridgehead atoms. The predicted molar refractivity (Wildman–Crippen MR) is 199 cm³/mol. The van der Waals surface area contributed by atoms with E-state index in [9.17, 15) is 19.2 Å². The topological polar surface area (TPSA) is 125 Å². The molecule has 12 heteroatoms. The van der Waals surface area contributed by atoms with Gasteiger partial charge < -0.3 is 23.5 Å². The Labute approximate surface area is 302 Å². The molecular weight excluding hydrogens is 682 g/mol. The maximum atomic E-state index is 15.2. The van der Waals surface area contributed by atoms with Crippen molar-refractivity contribution >= 4 is 49.3 Å². The second-order valence-electron chi connectivity index (χ2n) is 10.2. The molecule has 0 fully saturated rings. The Morgan fingerprint density at radius 2 is 1.12 bits per heavy atom. The Morgan fingerprint density at radius 1 is 0.667 bits per heavy atom. The second-order valence-corrected chi connectivity index (χ2v) is 10.2. The summed E-state index contributed by atoms with van der Waals surface area (Å²) in [6.45, 7) is 23.9. The normalized spacial score (nSPS) is 9.63. The lowest BCUT2D eigenvalue weighted by atomic mass is 10.0. The Hall–Kier alpha value is -5.59. The quantitative estimate of drug-likeness (QED) is 0.0378. The first-order valence-electron chi connectivity index (χ1n) is 15.0. The van der Waals surface area contributed by atoms with E-state index in [2.05, 4.69) is 39.2 Å². The summed E-state index contributed by atoms with van der Waals surface area (Å²) in [7, 11) is 1.38. The zero-order chi connectivity index (χ0) is 39.4. The molecule has 3 aromatic carbocycles. The molecule has 0 unspecified atom stereocenters. The van der Waals surface area contributed by atoms with Crippen LogP contribution < -0.4 is 18.9 Å². The highest BCUT2D eigenvalue weighted by Gasteiger charge is 2.18. The van der Waals surface area contributed by atoms with Crippen molar-refractivity contribution in [2.24, 2.45) is 0 Å². The average Bonchev–Trinajstić information content (AvgIpc) is 3.11. The number of allylic oxidation sites excluding steroid dienone is 1. The minimum atomic E-state index is -1.13. The van der Waals surface area contributed by atoms with Gasteiger partial charge in [0, 0.05) is 27.8 Å². The van der Waals surface area contributed by atoms with Crippen molar-refractivity contribution in [1.29, 1.82) is 0 Å². The van der Waals surface area contributed by atoms with Gasteiger partial charge in [0.25, 0.3) is 0 Å². The van der Waals surface area contributed by atoms with Crippen LogP contribution in [0.3, 0.4) is 0 Å². The summed E-state index contributed by atoms with van der Waals surface area (Å²) < 4.78 is 58.0. The first-order valence-corrected chi connectivity index (χ1v) is 15.4. The van der Waals surface area contributed by atoms with Crippen molar-refractivity contribution < 1.29 is 51.5 Å². The Kier molecular flexibility index (Phi) is 20.4. The molecule has 272 valence electrons. The summed E-state index contributed by atoms with van der Waals surface area (Å²) in [5, 5.41) is 0. The van der Waals surface area contributed by atoms with Crippen LogP contribution in [0, 0.1) is 11.6 Å². The van der Waals surface area contributed by atoms with E-state index < -0.39 is 29.5 Å². The molecule has 9 nitrogen and oxygen atoms in total. The van der Waals surface area contributed by atoms with Gasteiger partial charge in [0.2, 0.25) is 0 Å². The molecule has 0 aliphatic carbocycles. The number of hydrogen-bond acceptors (Lipinski definition) is 10. The Morgan fingerprint density at radius 3 is 1.57 bits per heavy atom. The number of methoxy groups -OCH3 is 1. The van der Waals surface area contributed by atoms with Crippen LogP contribution in [0.2, 0.25) is 0 Å². The first kappa shape index (κ1) is 45.4. The number of carbonyl (C=O) groups is 4. The number of esters is 3. The van der Waals surface area contributed by atoms with Gasteiger partial charge in [0.05, 0.1) is 7.11 Å². The molecule has 0 saturated carbocycles. The minimum Gasteiger partial charge on any atom is -0.493 e. The van der Waals surface area contributed by atoms with E-state index in [1.54, 1.807) is 6.92 Å². The first-order chi connectivity index (χ1) is 24.1. The molecule has 0 aliphatic rings. The molecule has 0 heterocycles. The third-order valence-corrected chi connectivity index (χ3v) is 5.86. The van der Waals surface area contributed by atoms with E-state index in [-0.39, 0.29) is 56.4 Å². The van der Waals surface area contributed by atoms with Crippen LogP contribution in [-0.4, -0.2) is 35.9 Å². The number of thiol groups is 1. The van der Waals surface area contributed by atoms with Crippen LogP contribution in [0.15, 0.2) is 97.1 Å². The highest BCUT2D eigenvalue weighted by molar-refractivity contribution is 7.74. The van der Waals surface area contributed by atoms with E-state index in [0.29, 0.717) is 11.1 Å². The van der Waals surface area contributed by atoms with Gasteiger partial charge in [-0.15, -0.1) is 0 Å². The van der Waals surface area contributed by atoms with Crippen molar-refractivity contribution in [1.82, 2.24) is 0 Å². The highest BCUT2D eigenvalue weighted by Crippen LogP contribution is 2.36. The zero-order valence-electron chi connectivity index (χ0n) is 29.6. The molecule has 0 radical (unpaired) electrons. The fourth-order valence-electron chi connectivity index (χ4n) is 3.38. The standard InChI is InChI=1S/C33H28F2O7.C4H6O.C2H6.H2OS/c1-18(2)31(36)40-26-14-9-21(16-27(26)41-32(37)19(3)4)8-10-22-11-13-24(30(35)29(22)34)23-12-15-25(39-7)28(17-23)42-33(38)20(5)6;1-4(2)3-5;2*1-2/h8-17H,1,3,5H2,2,4,6-7H3;3H,1H2,2H3;1-2H3;1-2H/b10-8+;;;. The lowest BCUT2D eigenvalue weighted by Gasteiger charge is -2.12. The van der Waals surface area contributed by atoms with Crippen LogP contribution in [0.5, 0.6) is 23.0 Å². The van der Waals surface area contributed by atoms with Gasteiger partial charge >= 0.3 is 17.9 Å². The summed E-state index contributed by atoms with van der Waals surface area (Å²) in [5.41, 5.74) is 1.51. The van der Waals surface area contributed by atoms with Gasteiger partial charge in [0.1, 0.15) is 6.29 Å². The summed E-state index contributed by atoms with van der Waals surface area (Å²) in [6, 6.07) is 11.4. The van der Waals surface area contributed by atoms with Crippen molar-refractivity contribution in [3.63, 3.8) is 0 Å². The number of rotatable bonds is 11. The van der Waals surface area contributed by atoms with E-state index in [1.807, 2.05) is 13.8 Å². The smallest absolute Gasteiger partial charge is 0.338 e. The molecule has 0 saturated heterocycles. The molecule has 0 aliphatic heterocycles. The number of ether oxygens (including phenoxy) is 4. The lowest BCUT2D eigenvalue weighted by Crippen LogP contribution is -2.12. The average molecular weight is 725 g/mol. The molecule has 0 amide bonds. The Balaban J connectivity index is 0.00000251. The van der Waals surface area contributed by atoms with Crippen LogP contribution in [0.25, 0.3) is 23.3 Å². The van der Waals surface area contributed by atoms with Gasteiger partial charge in [-0.25, -0.2) is 23.2 Å². The van der Waals surface area contributed by atoms with E-state index >= 15 is 8.78 Å². The number of carbonyl (C=O) groups excluding carboxylic acids is 4. The summed E-state index contributed by atoms with van der Waals surface area (Å²) in [4.78, 5) is 45.5. The van der Waals surface area contributed by atoms with Crippen molar-refractivity contribution in [3.05, 3.63) is 120 Å². The van der Waals surface area contributed by atoms with Crippen LogP contribution in [0.1, 0.15) is 52.7 Å². The minimum absolute atomic E-state index is 0.0207. The molecule has 3 rings (SSSR count). The van der Waals surface area contributed by atoms with Crippen LogP contribution in [-0.2, 0) is 19.2 Å². The number of benzene rings is 3. The van der Waals surface area contributed by atoms with Crippen LogP contribution in [0.4, 0.5) is 8.78 Å². The number of hydrogen-bond donors (Lipinski definition) is 2. The van der Waals surface area contributed by atoms with Crippen molar-refractivity contribution in [2.75, 3.05) is 7.11 Å². The van der Waals surface area contributed by atoms with Crippen molar-refractivity contribution in [3.8, 4) is 34.1 Å². The fraction of sp³-hybridized carbons (Fsp3) is 0.179. The summed E-state index contributed by atoms with van der Waals surface area (Å²) in [6.07, 6.45) is 3.51. The molecule has 0 spiro atoms. The molecular formula is C39H42F2O9S. The molecule has 0 aromatic heterocycles. The predicted octanol–water partition coefficient (Wildman–Crippen LogP) is 9.43. The highest BCUT2D eigenvalue weighted by atomic mass is 32.1. The maximum absolute atomic E-state index is 15.2.